The SMILES string of the molecule is Cc1cncn(CC2CCN(Cc3nc4c(o3)CCC4)CC2)c1=O. The van der Waals surface area contributed by atoms with E-state index in [1.165, 1.54) is 12.1 Å². The number of piperidine rings is 1. The Morgan fingerprint density at radius 3 is 2.92 bits per heavy atom. The van der Waals surface area contributed by atoms with Crippen LogP contribution < -0.4 is 5.56 Å². The van der Waals surface area contributed by atoms with Gasteiger partial charge in [-0.2, -0.15) is 0 Å². The standard InChI is InChI=1S/C18H24N4O2/c1-13-9-19-12-22(18(13)23)10-14-5-7-21(8-6-14)11-17-20-15-3-2-4-16(15)24-17/h9,12,14H,2-8,10-11H2,1H3. The molecule has 0 bridgehead atoms. The summed E-state index contributed by atoms with van der Waals surface area (Å²) in [4.78, 5) is 23.3. The summed E-state index contributed by atoms with van der Waals surface area (Å²) in [5, 5.41) is 0. The molecule has 0 atom stereocenters. The van der Waals surface area contributed by atoms with E-state index in [9.17, 15) is 4.79 Å². The summed E-state index contributed by atoms with van der Waals surface area (Å²) >= 11 is 0. The van der Waals surface area contributed by atoms with Crippen LogP contribution in [0.5, 0.6) is 0 Å². The first-order valence-electron chi connectivity index (χ1n) is 8.90. The third kappa shape index (κ3) is 3.15. The van der Waals surface area contributed by atoms with Crippen LogP contribution in [0.2, 0.25) is 0 Å². The quantitative estimate of drug-likeness (QED) is 0.858. The molecule has 0 radical (unpaired) electrons. The first-order valence-corrected chi connectivity index (χ1v) is 8.90. The zero-order valence-corrected chi connectivity index (χ0v) is 14.2. The minimum Gasteiger partial charge on any atom is -0.444 e. The van der Waals surface area contributed by atoms with Crippen molar-refractivity contribution >= 4 is 0 Å². The molecule has 1 aliphatic carbocycles. The molecule has 2 aromatic heterocycles. The molecule has 3 heterocycles. The maximum Gasteiger partial charge on any atom is 0.256 e. The average Bonchev–Trinajstić information content (AvgIpc) is 3.15. The monoisotopic (exact) mass is 328 g/mol. The van der Waals surface area contributed by atoms with Crippen LogP contribution in [-0.2, 0) is 25.9 Å². The molecule has 0 saturated carbocycles. The fourth-order valence-corrected chi connectivity index (χ4v) is 3.80. The van der Waals surface area contributed by atoms with Crippen LogP contribution in [0.3, 0.4) is 0 Å². The fraction of sp³-hybridized carbons (Fsp3) is 0.611. The predicted octanol–water partition coefficient (Wildman–Crippen LogP) is 1.94. The topological polar surface area (TPSA) is 64.2 Å². The number of hydrogen-bond donors (Lipinski definition) is 0. The summed E-state index contributed by atoms with van der Waals surface area (Å²) in [6.45, 7) is 5.47. The van der Waals surface area contributed by atoms with E-state index in [4.69, 9.17) is 4.42 Å². The summed E-state index contributed by atoms with van der Waals surface area (Å²) in [6.07, 6.45) is 8.79. The molecule has 24 heavy (non-hydrogen) atoms. The van der Waals surface area contributed by atoms with Crippen LogP contribution >= 0.6 is 0 Å². The van der Waals surface area contributed by atoms with Crippen molar-refractivity contribution in [1.82, 2.24) is 19.4 Å². The van der Waals surface area contributed by atoms with Crippen LogP contribution in [0.1, 0.15) is 42.2 Å². The highest BCUT2D eigenvalue weighted by molar-refractivity contribution is 5.15. The first kappa shape index (κ1) is 15.6. The predicted molar refractivity (Wildman–Crippen MR) is 89.8 cm³/mol. The summed E-state index contributed by atoms with van der Waals surface area (Å²) < 4.78 is 7.63. The lowest BCUT2D eigenvalue weighted by Crippen LogP contribution is -2.36. The number of oxazole rings is 1. The van der Waals surface area contributed by atoms with E-state index < -0.39 is 0 Å². The average molecular weight is 328 g/mol. The van der Waals surface area contributed by atoms with Gasteiger partial charge in [-0.3, -0.25) is 14.3 Å². The number of aryl methyl sites for hydroxylation is 3. The molecule has 2 aromatic rings. The zero-order valence-electron chi connectivity index (χ0n) is 14.2. The molecule has 0 amide bonds. The van der Waals surface area contributed by atoms with Crippen LogP contribution in [0, 0.1) is 12.8 Å². The lowest BCUT2D eigenvalue weighted by Gasteiger charge is -2.31. The normalized spacial score (nSPS) is 18.9. The third-order valence-corrected chi connectivity index (χ3v) is 5.23. The molecular weight excluding hydrogens is 304 g/mol. The van der Waals surface area contributed by atoms with Gasteiger partial charge in [0, 0.05) is 24.7 Å². The second-order valence-electron chi connectivity index (χ2n) is 7.08. The van der Waals surface area contributed by atoms with Gasteiger partial charge in [0.25, 0.3) is 5.56 Å². The Morgan fingerprint density at radius 2 is 2.12 bits per heavy atom. The largest absolute Gasteiger partial charge is 0.444 e. The van der Waals surface area contributed by atoms with Crippen molar-refractivity contribution in [2.45, 2.75) is 52.1 Å². The van der Waals surface area contributed by atoms with Gasteiger partial charge < -0.3 is 4.42 Å². The summed E-state index contributed by atoms with van der Waals surface area (Å²) in [7, 11) is 0. The zero-order chi connectivity index (χ0) is 16.5. The second kappa shape index (κ2) is 6.51. The fourth-order valence-electron chi connectivity index (χ4n) is 3.80. The summed E-state index contributed by atoms with van der Waals surface area (Å²) in [5.41, 5.74) is 1.97. The maximum absolute atomic E-state index is 12.1. The highest BCUT2D eigenvalue weighted by atomic mass is 16.4. The van der Waals surface area contributed by atoms with Gasteiger partial charge in [0.15, 0.2) is 0 Å². The lowest BCUT2D eigenvalue weighted by atomic mass is 9.96. The summed E-state index contributed by atoms with van der Waals surface area (Å²) in [6, 6.07) is 0. The van der Waals surface area contributed by atoms with E-state index >= 15 is 0 Å². The van der Waals surface area contributed by atoms with Crippen molar-refractivity contribution in [2.75, 3.05) is 13.1 Å². The van der Waals surface area contributed by atoms with Gasteiger partial charge in [0.2, 0.25) is 5.89 Å². The van der Waals surface area contributed by atoms with E-state index in [-0.39, 0.29) is 5.56 Å². The van der Waals surface area contributed by atoms with Crippen molar-refractivity contribution in [2.24, 2.45) is 5.92 Å². The Morgan fingerprint density at radius 1 is 1.29 bits per heavy atom. The number of nitrogens with zero attached hydrogens (tertiary/aromatic N) is 4. The molecule has 0 unspecified atom stereocenters. The molecular formula is C18H24N4O2. The number of likely N-dealkylation sites (tertiary alicyclic amines) is 1. The number of aromatic nitrogens is 3. The van der Waals surface area contributed by atoms with E-state index in [0.29, 0.717) is 11.5 Å². The molecule has 6 heteroatoms. The Labute approximate surface area is 141 Å². The van der Waals surface area contributed by atoms with Crippen molar-refractivity contribution < 1.29 is 4.42 Å². The van der Waals surface area contributed by atoms with Gasteiger partial charge in [0.1, 0.15) is 5.76 Å². The van der Waals surface area contributed by atoms with Gasteiger partial charge in [-0.25, -0.2) is 9.97 Å². The minimum atomic E-state index is 0.0849. The highest BCUT2D eigenvalue weighted by Gasteiger charge is 2.23. The minimum absolute atomic E-state index is 0.0849. The number of hydrogen-bond acceptors (Lipinski definition) is 5. The highest BCUT2D eigenvalue weighted by Crippen LogP contribution is 2.24. The van der Waals surface area contributed by atoms with Crippen LogP contribution in [0.25, 0.3) is 0 Å². The van der Waals surface area contributed by atoms with Crippen molar-refractivity contribution in [3.05, 3.63) is 45.8 Å². The Kier molecular flexibility index (Phi) is 4.22. The molecule has 6 nitrogen and oxygen atoms in total. The Balaban J connectivity index is 1.31. The maximum atomic E-state index is 12.1. The van der Waals surface area contributed by atoms with Gasteiger partial charge in [-0.15, -0.1) is 0 Å². The molecule has 1 aliphatic heterocycles. The molecule has 0 spiro atoms. The first-order chi connectivity index (χ1) is 11.7. The molecule has 1 saturated heterocycles. The van der Waals surface area contributed by atoms with Gasteiger partial charge in [0.05, 0.1) is 18.6 Å². The van der Waals surface area contributed by atoms with E-state index in [1.807, 2.05) is 6.92 Å². The molecule has 0 N–H and O–H groups in total. The van der Waals surface area contributed by atoms with Crippen molar-refractivity contribution in [3.8, 4) is 0 Å². The molecule has 128 valence electrons. The molecule has 4 rings (SSSR count). The number of fused-ring (bicyclic) bond motifs is 1. The smallest absolute Gasteiger partial charge is 0.256 e. The van der Waals surface area contributed by atoms with Gasteiger partial charge in [-0.05, 0) is 51.6 Å². The van der Waals surface area contributed by atoms with Gasteiger partial charge in [-0.1, -0.05) is 0 Å². The van der Waals surface area contributed by atoms with Crippen LogP contribution in [0.15, 0.2) is 21.7 Å². The second-order valence-corrected chi connectivity index (χ2v) is 7.08. The van der Waals surface area contributed by atoms with Gasteiger partial charge >= 0.3 is 0 Å². The molecule has 1 fully saturated rings. The van der Waals surface area contributed by atoms with E-state index in [2.05, 4.69) is 14.9 Å². The Bertz CT molecular complexity index is 750. The van der Waals surface area contributed by atoms with Crippen molar-refractivity contribution in [3.63, 3.8) is 0 Å². The third-order valence-electron chi connectivity index (χ3n) is 5.23. The lowest BCUT2D eigenvalue weighted by molar-refractivity contribution is 0.153. The summed E-state index contributed by atoms with van der Waals surface area (Å²) in [5.74, 6) is 2.51. The molecule has 2 aliphatic rings. The van der Waals surface area contributed by atoms with Crippen molar-refractivity contribution in [1.29, 1.82) is 0 Å². The van der Waals surface area contributed by atoms with E-state index in [0.717, 1.165) is 63.5 Å². The van der Waals surface area contributed by atoms with Crippen LogP contribution in [0.4, 0.5) is 0 Å². The molecule has 0 aromatic carbocycles. The Hall–Kier alpha value is -1.95. The number of rotatable bonds is 4. The van der Waals surface area contributed by atoms with Crippen LogP contribution in [-0.4, -0.2) is 32.5 Å². The van der Waals surface area contributed by atoms with E-state index in [1.54, 1.807) is 17.1 Å².